The number of hydrogen-bond acceptors (Lipinski definition) is 2. The van der Waals surface area contributed by atoms with E-state index in [-0.39, 0.29) is 5.56 Å². The molecule has 1 heterocycles. The van der Waals surface area contributed by atoms with E-state index in [0.29, 0.717) is 16.9 Å². The first-order valence-corrected chi connectivity index (χ1v) is 5.59. The largest absolute Gasteiger partial charge is 0.299 e. The molecule has 0 saturated heterocycles. The van der Waals surface area contributed by atoms with Gasteiger partial charge in [0.1, 0.15) is 4.47 Å². The van der Waals surface area contributed by atoms with Crippen molar-refractivity contribution in [2.75, 3.05) is 0 Å². The number of halogens is 1. The van der Waals surface area contributed by atoms with Gasteiger partial charge in [0.05, 0.1) is 12.0 Å². The topological polar surface area (TPSA) is 34.9 Å². The molecule has 0 atom stereocenters. The molecular formula is C10H15BrN2O. The summed E-state index contributed by atoms with van der Waals surface area (Å²) in [4.78, 5) is 15.9. The average Bonchev–Trinajstić information content (AvgIpc) is 2.13. The van der Waals surface area contributed by atoms with Gasteiger partial charge in [-0.2, -0.15) is 0 Å². The van der Waals surface area contributed by atoms with Gasteiger partial charge in [-0.25, -0.2) is 4.98 Å². The fraction of sp³-hybridized carbons (Fsp3) is 0.600. The zero-order valence-corrected chi connectivity index (χ0v) is 10.3. The molecule has 0 aliphatic heterocycles. The van der Waals surface area contributed by atoms with Gasteiger partial charge in [-0.05, 0) is 35.2 Å². The molecule has 3 nitrogen and oxygen atoms in total. The smallest absolute Gasteiger partial charge is 0.267 e. The first-order valence-electron chi connectivity index (χ1n) is 4.80. The van der Waals surface area contributed by atoms with Gasteiger partial charge in [-0.1, -0.05) is 13.8 Å². The molecule has 1 aromatic heterocycles. The fourth-order valence-corrected chi connectivity index (χ4v) is 1.74. The van der Waals surface area contributed by atoms with Crippen LogP contribution in [0.5, 0.6) is 0 Å². The van der Waals surface area contributed by atoms with Crippen LogP contribution in [-0.2, 0) is 13.0 Å². The highest BCUT2D eigenvalue weighted by atomic mass is 79.9. The van der Waals surface area contributed by atoms with E-state index in [0.717, 1.165) is 12.1 Å². The van der Waals surface area contributed by atoms with E-state index in [1.165, 1.54) is 0 Å². The molecule has 1 rings (SSSR count). The van der Waals surface area contributed by atoms with Crippen LogP contribution in [-0.4, -0.2) is 9.55 Å². The summed E-state index contributed by atoms with van der Waals surface area (Å²) >= 11 is 3.30. The highest BCUT2D eigenvalue weighted by Gasteiger charge is 2.09. The monoisotopic (exact) mass is 258 g/mol. The summed E-state index contributed by atoms with van der Waals surface area (Å²) in [7, 11) is 0. The van der Waals surface area contributed by atoms with E-state index in [2.05, 4.69) is 34.8 Å². The second-order valence-electron chi connectivity index (χ2n) is 3.69. The highest BCUT2D eigenvalue weighted by molar-refractivity contribution is 9.10. The molecular weight excluding hydrogens is 244 g/mol. The minimum absolute atomic E-state index is 0.0122. The Balaban J connectivity index is 3.11. The molecule has 0 spiro atoms. The maximum Gasteiger partial charge on any atom is 0.267 e. The third-order valence-electron chi connectivity index (χ3n) is 2.00. The highest BCUT2D eigenvalue weighted by Crippen LogP contribution is 2.12. The Kier molecular flexibility index (Phi) is 3.86. The van der Waals surface area contributed by atoms with Crippen molar-refractivity contribution in [1.82, 2.24) is 9.55 Å². The van der Waals surface area contributed by atoms with Crippen LogP contribution in [0.15, 0.2) is 15.6 Å². The summed E-state index contributed by atoms with van der Waals surface area (Å²) in [5.74, 6) is 0.510. The van der Waals surface area contributed by atoms with E-state index in [4.69, 9.17) is 0 Å². The van der Waals surface area contributed by atoms with Crippen LogP contribution in [0.3, 0.4) is 0 Å². The molecule has 0 aliphatic rings. The number of aryl methyl sites for hydroxylation is 1. The molecule has 78 valence electrons. The molecule has 0 saturated carbocycles. The fourth-order valence-electron chi connectivity index (χ4n) is 1.25. The lowest BCUT2D eigenvalue weighted by molar-refractivity contribution is 0.616. The first-order chi connectivity index (χ1) is 6.56. The van der Waals surface area contributed by atoms with Gasteiger partial charge in [-0.15, -0.1) is 0 Å². The molecule has 0 aromatic carbocycles. The van der Waals surface area contributed by atoms with E-state index in [1.54, 1.807) is 10.9 Å². The maximum atomic E-state index is 11.7. The van der Waals surface area contributed by atoms with Crippen molar-refractivity contribution < 1.29 is 0 Å². The Morgan fingerprint density at radius 3 is 2.71 bits per heavy atom. The molecule has 0 bridgehead atoms. The van der Waals surface area contributed by atoms with Crippen molar-refractivity contribution >= 4 is 15.9 Å². The first kappa shape index (κ1) is 11.4. The Morgan fingerprint density at radius 2 is 2.21 bits per heavy atom. The van der Waals surface area contributed by atoms with Crippen molar-refractivity contribution in [3.63, 3.8) is 0 Å². The summed E-state index contributed by atoms with van der Waals surface area (Å²) in [6.45, 7) is 6.81. The molecule has 14 heavy (non-hydrogen) atoms. The SMILES string of the molecule is CCn1cnc(CC(C)C)c(Br)c1=O. The molecule has 1 aromatic rings. The third kappa shape index (κ3) is 2.44. The van der Waals surface area contributed by atoms with Crippen LogP contribution in [0.25, 0.3) is 0 Å². The predicted octanol–water partition coefficient (Wildman–Crippen LogP) is 2.22. The van der Waals surface area contributed by atoms with E-state index in [9.17, 15) is 4.79 Å². The summed E-state index contributed by atoms with van der Waals surface area (Å²) in [6, 6.07) is 0. The number of hydrogen-bond donors (Lipinski definition) is 0. The minimum atomic E-state index is 0.0122. The van der Waals surface area contributed by atoms with Crippen molar-refractivity contribution in [2.45, 2.75) is 33.7 Å². The molecule has 0 fully saturated rings. The van der Waals surface area contributed by atoms with Gasteiger partial charge in [0.25, 0.3) is 5.56 Å². The van der Waals surface area contributed by atoms with Crippen molar-refractivity contribution in [1.29, 1.82) is 0 Å². The van der Waals surface area contributed by atoms with Crippen LogP contribution in [0.4, 0.5) is 0 Å². The van der Waals surface area contributed by atoms with E-state index in [1.807, 2.05) is 6.92 Å². The second-order valence-corrected chi connectivity index (χ2v) is 4.49. The standard InChI is InChI=1S/C10H15BrN2O/c1-4-13-6-12-8(5-7(2)3)9(11)10(13)14/h6-7H,4-5H2,1-3H3. The van der Waals surface area contributed by atoms with Crippen LogP contribution in [0.1, 0.15) is 26.5 Å². The van der Waals surface area contributed by atoms with Crippen LogP contribution >= 0.6 is 15.9 Å². The quantitative estimate of drug-likeness (QED) is 0.834. The molecule has 0 amide bonds. The molecule has 0 unspecified atom stereocenters. The Bertz CT molecular complexity index is 371. The summed E-state index contributed by atoms with van der Waals surface area (Å²) in [5, 5.41) is 0. The Hall–Kier alpha value is -0.640. The van der Waals surface area contributed by atoms with Gasteiger partial charge in [-0.3, -0.25) is 9.36 Å². The van der Waals surface area contributed by atoms with Crippen molar-refractivity contribution in [3.8, 4) is 0 Å². The van der Waals surface area contributed by atoms with Crippen LogP contribution < -0.4 is 5.56 Å². The summed E-state index contributed by atoms with van der Waals surface area (Å²) in [6.07, 6.45) is 2.45. The minimum Gasteiger partial charge on any atom is -0.299 e. The molecule has 0 radical (unpaired) electrons. The normalized spacial score (nSPS) is 10.9. The van der Waals surface area contributed by atoms with Gasteiger partial charge in [0.15, 0.2) is 0 Å². The number of rotatable bonds is 3. The van der Waals surface area contributed by atoms with Gasteiger partial charge in [0.2, 0.25) is 0 Å². The lowest BCUT2D eigenvalue weighted by Gasteiger charge is -2.08. The molecule has 0 aliphatic carbocycles. The lowest BCUT2D eigenvalue weighted by Crippen LogP contribution is -2.22. The Labute approximate surface area is 92.3 Å². The van der Waals surface area contributed by atoms with Crippen LogP contribution in [0.2, 0.25) is 0 Å². The van der Waals surface area contributed by atoms with Crippen LogP contribution in [0, 0.1) is 5.92 Å². The maximum absolute atomic E-state index is 11.7. The predicted molar refractivity (Wildman–Crippen MR) is 60.4 cm³/mol. The third-order valence-corrected chi connectivity index (χ3v) is 2.79. The van der Waals surface area contributed by atoms with E-state index < -0.39 is 0 Å². The van der Waals surface area contributed by atoms with Gasteiger partial charge < -0.3 is 0 Å². The summed E-state index contributed by atoms with van der Waals surface area (Å²) < 4.78 is 2.20. The summed E-state index contributed by atoms with van der Waals surface area (Å²) in [5.41, 5.74) is 0.868. The Morgan fingerprint density at radius 1 is 1.57 bits per heavy atom. The van der Waals surface area contributed by atoms with Crippen molar-refractivity contribution in [3.05, 3.63) is 26.8 Å². The molecule has 4 heteroatoms. The number of aromatic nitrogens is 2. The zero-order valence-electron chi connectivity index (χ0n) is 8.75. The average molecular weight is 259 g/mol. The van der Waals surface area contributed by atoms with Gasteiger partial charge >= 0.3 is 0 Å². The zero-order chi connectivity index (χ0) is 10.7. The van der Waals surface area contributed by atoms with E-state index >= 15 is 0 Å². The lowest BCUT2D eigenvalue weighted by atomic mass is 10.1. The van der Waals surface area contributed by atoms with Crippen molar-refractivity contribution in [2.24, 2.45) is 5.92 Å². The van der Waals surface area contributed by atoms with Gasteiger partial charge in [0, 0.05) is 6.54 Å². The second kappa shape index (κ2) is 4.73. The number of nitrogens with zero attached hydrogens (tertiary/aromatic N) is 2. The molecule has 0 N–H and O–H groups in total.